The number of carboxylic acids is 1. The zero-order valence-corrected chi connectivity index (χ0v) is 7.63. The Bertz CT molecular complexity index is 347. The van der Waals surface area contributed by atoms with Gasteiger partial charge in [-0.05, 0) is 15.9 Å². The summed E-state index contributed by atoms with van der Waals surface area (Å²) >= 11 is 3.09. The quantitative estimate of drug-likeness (QED) is 0.750. The van der Waals surface area contributed by atoms with Gasteiger partial charge in [0.2, 0.25) is 0 Å². The van der Waals surface area contributed by atoms with E-state index in [4.69, 9.17) is 5.11 Å². The van der Waals surface area contributed by atoms with E-state index in [1.807, 2.05) is 0 Å². The summed E-state index contributed by atoms with van der Waals surface area (Å²) in [6.07, 6.45) is 0. The Labute approximate surface area is 76.5 Å². The first kappa shape index (κ1) is 7.60. The van der Waals surface area contributed by atoms with Gasteiger partial charge in [-0.25, -0.2) is 9.48 Å². The molecular weight excluding hydrogens is 226 g/mol. The van der Waals surface area contributed by atoms with Crippen LogP contribution in [0.2, 0.25) is 0 Å². The van der Waals surface area contributed by atoms with Crippen LogP contribution in [-0.2, 0) is 6.54 Å². The molecule has 2 rings (SSSR count). The summed E-state index contributed by atoms with van der Waals surface area (Å²) in [5.74, 6) is -0.369. The molecule has 0 aromatic carbocycles. The first-order valence-electron chi connectivity index (χ1n) is 3.43. The van der Waals surface area contributed by atoms with Crippen LogP contribution in [0.25, 0.3) is 0 Å². The maximum absolute atomic E-state index is 10.7. The van der Waals surface area contributed by atoms with Gasteiger partial charge in [0.15, 0.2) is 0 Å². The minimum absolute atomic E-state index is 0.215. The molecule has 0 atom stereocenters. The molecule has 0 saturated heterocycles. The Kier molecular flexibility index (Phi) is 1.57. The van der Waals surface area contributed by atoms with E-state index >= 15 is 0 Å². The van der Waals surface area contributed by atoms with Crippen molar-refractivity contribution in [2.75, 3.05) is 11.9 Å². The van der Waals surface area contributed by atoms with Crippen LogP contribution in [0.15, 0.2) is 4.60 Å². The molecule has 0 amide bonds. The van der Waals surface area contributed by atoms with E-state index in [9.17, 15) is 4.79 Å². The maximum atomic E-state index is 10.7. The predicted octanol–water partition coefficient (Wildman–Crippen LogP) is 0.769. The average Bonchev–Trinajstić information content (AvgIpc) is 2.44. The topological polar surface area (TPSA) is 67.1 Å². The Balaban J connectivity index is 2.59. The number of hydrogen-bond acceptors (Lipinski definition) is 3. The summed E-state index contributed by atoms with van der Waals surface area (Å²) < 4.78 is 2.03. The van der Waals surface area contributed by atoms with Gasteiger partial charge >= 0.3 is 5.97 Å². The normalized spacial score (nSPS) is 14.1. The number of aromatic nitrogens is 2. The molecule has 0 fully saturated rings. The molecule has 0 radical (unpaired) electrons. The number of aromatic carboxylic acids is 1. The third kappa shape index (κ3) is 0.911. The monoisotopic (exact) mass is 231 g/mol. The highest BCUT2D eigenvalue weighted by molar-refractivity contribution is 9.10. The van der Waals surface area contributed by atoms with E-state index in [0.717, 1.165) is 13.1 Å². The lowest BCUT2D eigenvalue weighted by Crippen LogP contribution is -2.01. The second-order valence-corrected chi connectivity index (χ2v) is 3.22. The lowest BCUT2D eigenvalue weighted by atomic mass is 10.3. The van der Waals surface area contributed by atoms with Gasteiger partial charge in [-0.15, -0.1) is 0 Å². The van der Waals surface area contributed by atoms with E-state index in [1.165, 1.54) is 0 Å². The first-order valence-corrected chi connectivity index (χ1v) is 4.23. The van der Waals surface area contributed by atoms with Gasteiger partial charge in [0.25, 0.3) is 0 Å². The number of anilines is 1. The van der Waals surface area contributed by atoms with Crippen LogP contribution in [0.4, 0.5) is 5.82 Å². The third-order valence-electron chi connectivity index (χ3n) is 1.74. The van der Waals surface area contributed by atoms with Crippen molar-refractivity contribution in [3.05, 3.63) is 10.2 Å². The second-order valence-electron chi connectivity index (χ2n) is 2.47. The molecule has 1 aromatic rings. The summed E-state index contributed by atoms with van der Waals surface area (Å²) in [4.78, 5) is 10.7. The van der Waals surface area contributed by atoms with Gasteiger partial charge in [0.1, 0.15) is 16.0 Å². The number of carboxylic acid groups (broad SMARTS) is 1. The van der Waals surface area contributed by atoms with E-state index < -0.39 is 5.97 Å². The van der Waals surface area contributed by atoms with Crippen molar-refractivity contribution >= 4 is 27.7 Å². The van der Waals surface area contributed by atoms with Gasteiger partial charge in [-0.2, -0.15) is 5.10 Å². The van der Waals surface area contributed by atoms with Gasteiger partial charge in [-0.3, -0.25) is 0 Å². The molecule has 64 valence electrons. The van der Waals surface area contributed by atoms with E-state index in [0.29, 0.717) is 10.4 Å². The highest BCUT2D eigenvalue weighted by Gasteiger charge is 2.24. The summed E-state index contributed by atoms with van der Waals surface area (Å²) in [5.41, 5.74) is 0.215. The molecule has 12 heavy (non-hydrogen) atoms. The van der Waals surface area contributed by atoms with Crippen LogP contribution in [0, 0.1) is 0 Å². The molecular formula is C6H6BrN3O2. The van der Waals surface area contributed by atoms with Crippen molar-refractivity contribution in [2.45, 2.75) is 6.54 Å². The molecule has 2 heterocycles. The third-order valence-corrected chi connectivity index (χ3v) is 2.29. The van der Waals surface area contributed by atoms with Crippen molar-refractivity contribution in [1.29, 1.82) is 0 Å². The highest BCUT2D eigenvalue weighted by atomic mass is 79.9. The summed E-state index contributed by atoms with van der Waals surface area (Å²) in [5, 5.41) is 15.8. The van der Waals surface area contributed by atoms with Crippen LogP contribution < -0.4 is 5.32 Å². The number of rotatable bonds is 1. The number of carbonyl (C=O) groups is 1. The lowest BCUT2D eigenvalue weighted by Gasteiger charge is -1.94. The van der Waals surface area contributed by atoms with Gasteiger partial charge in [0, 0.05) is 6.54 Å². The highest BCUT2D eigenvalue weighted by Crippen LogP contribution is 2.26. The second kappa shape index (κ2) is 2.48. The van der Waals surface area contributed by atoms with E-state index in [1.54, 1.807) is 4.68 Å². The van der Waals surface area contributed by atoms with Gasteiger partial charge in [-0.1, -0.05) is 0 Å². The summed E-state index contributed by atoms with van der Waals surface area (Å²) in [7, 11) is 0. The van der Waals surface area contributed by atoms with Gasteiger partial charge in [0.05, 0.1) is 6.54 Å². The number of nitrogens with one attached hydrogen (secondary N) is 1. The van der Waals surface area contributed by atoms with Crippen molar-refractivity contribution in [2.24, 2.45) is 0 Å². The fourth-order valence-corrected chi connectivity index (χ4v) is 1.79. The van der Waals surface area contributed by atoms with Crippen molar-refractivity contribution in [1.82, 2.24) is 9.78 Å². The van der Waals surface area contributed by atoms with Gasteiger partial charge < -0.3 is 10.4 Å². The molecule has 1 aliphatic rings. The van der Waals surface area contributed by atoms with Crippen molar-refractivity contribution in [3.63, 3.8) is 0 Å². The van der Waals surface area contributed by atoms with Crippen molar-refractivity contribution in [3.8, 4) is 0 Å². The molecule has 5 nitrogen and oxygen atoms in total. The number of halogens is 1. The molecule has 0 bridgehead atoms. The minimum Gasteiger partial charge on any atom is -0.477 e. The average molecular weight is 232 g/mol. The molecule has 6 heteroatoms. The standard InChI is InChI=1S/C6H6BrN3O2/c7-4-3(6(11)12)5-8-1-2-10(5)9-4/h8H,1-2H2,(H,11,12). The smallest absolute Gasteiger partial charge is 0.342 e. The summed E-state index contributed by atoms with van der Waals surface area (Å²) in [6, 6.07) is 0. The van der Waals surface area contributed by atoms with Crippen LogP contribution in [0.5, 0.6) is 0 Å². The molecule has 0 spiro atoms. The first-order chi connectivity index (χ1) is 5.70. The predicted molar refractivity (Wildman–Crippen MR) is 45.4 cm³/mol. The molecule has 0 aliphatic carbocycles. The molecule has 1 aromatic heterocycles. The van der Waals surface area contributed by atoms with Crippen LogP contribution in [0.1, 0.15) is 10.4 Å². The molecule has 1 aliphatic heterocycles. The molecule has 2 N–H and O–H groups in total. The van der Waals surface area contributed by atoms with Crippen LogP contribution in [0.3, 0.4) is 0 Å². The fraction of sp³-hybridized carbons (Fsp3) is 0.333. The Morgan fingerprint density at radius 2 is 2.50 bits per heavy atom. The zero-order valence-electron chi connectivity index (χ0n) is 6.04. The van der Waals surface area contributed by atoms with Crippen LogP contribution >= 0.6 is 15.9 Å². The van der Waals surface area contributed by atoms with E-state index in [-0.39, 0.29) is 5.56 Å². The van der Waals surface area contributed by atoms with E-state index in [2.05, 4.69) is 26.3 Å². The largest absolute Gasteiger partial charge is 0.477 e. The number of nitrogens with zero attached hydrogens (tertiary/aromatic N) is 2. The minimum atomic E-state index is -0.961. The summed E-state index contributed by atoms with van der Waals surface area (Å²) in [6.45, 7) is 1.47. The maximum Gasteiger partial charge on any atom is 0.342 e. The Hall–Kier alpha value is -1.04. The fourth-order valence-electron chi connectivity index (χ4n) is 1.24. The van der Waals surface area contributed by atoms with Crippen molar-refractivity contribution < 1.29 is 9.90 Å². The van der Waals surface area contributed by atoms with Crippen LogP contribution in [-0.4, -0.2) is 27.4 Å². The molecule has 0 unspecified atom stereocenters. The number of hydrogen-bond donors (Lipinski definition) is 2. The molecule has 0 saturated carbocycles. The Morgan fingerprint density at radius 1 is 1.75 bits per heavy atom. The SMILES string of the molecule is O=C(O)c1c(Br)nn2c1NCC2. The Morgan fingerprint density at radius 3 is 3.17 bits per heavy atom. The zero-order chi connectivity index (χ0) is 8.72. The number of fused-ring (bicyclic) bond motifs is 1. The lowest BCUT2D eigenvalue weighted by molar-refractivity contribution is 0.0697.